The third kappa shape index (κ3) is 2.71. The average Bonchev–Trinajstić information content (AvgIpc) is 2.83. The molecule has 0 saturated carbocycles. The third-order valence-electron chi connectivity index (χ3n) is 3.07. The summed E-state index contributed by atoms with van der Waals surface area (Å²) in [7, 11) is -3.29. The molecule has 1 heterocycles. The van der Waals surface area contributed by atoms with Crippen molar-refractivity contribution in [1.82, 2.24) is 9.97 Å². The monoisotopic (exact) mass is 368 g/mol. The van der Waals surface area contributed by atoms with Crippen LogP contribution in [0, 0.1) is 5.82 Å². The second-order valence-electron chi connectivity index (χ2n) is 4.66. The van der Waals surface area contributed by atoms with Gasteiger partial charge in [0, 0.05) is 10.7 Å². The molecule has 0 radical (unpaired) electrons. The van der Waals surface area contributed by atoms with Crippen LogP contribution in [0.2, 0.25) is 0 Å². The maximum Gasteiger partial charge on any atom is 0.175 e. The van der Waals surface area contributed by atoms with Gasteiger partial charge in [-0.3, -0.25) is 0 Å². The predicted octanol–water partition coefficient (Wildman–Crippen LogP) is 3.54. The molecule has 0 unspecified atom stereocenters. The highest BCUT2D eigenvalue weighted by atomic mass is 79.9. The van der Waals surface area contributed by atoms with Crippen LogP contribution in [0.15, 0.2) is 45.8 Å². The highest BCUT2D eigenvalue weighted by Gasteiger charge is 2.13. The number of nitrogens with one attached hydrogen (secondary N) is 1. The van der Waals surface area contributed by atoms with Crippen LogP contribution in [0.5, 0.6) is 0 Å². The van der Waals surface area contributed by atoms with Crippen LogP contribution < -0.4 is 0 Å². The zero-order chi connectivity index (χ0) is 15.2. The van der Waals surface area contributed by atoms with Gasteiger partial charge in [0.15, 0.2) is 9.84 Å². The summed E-state index contributed by atoms with van der Waals surface area (Å²) < 4.78 is 37.7. The molecule has 3 rings (SSSR count). The second-order valence-corrected chi connectivity index (χ2v) is 7.59. The van der Waals surface area contributed by atoms with E-state index in [-0.39, 0.29) is 4.90 Å². The number of nitrogens with zero attached hydrogens (tertiary/aromatic N) is 1. The maximum absolute atomic E-state index is 13.9. The first-order valence-electron chi connectivity index (χ1n) is 6.00. The molecule has 0 amide bonds. The molecule has 0 aliphatic carbocycles. The van der Waals surface area contributed by atoms with Crippen molar-refractivity contribution in [2.75, 3.05) is 6.26 Å². The zero-order valence-electron chi connectivity index (χ0n) is 10.9. The number of sulfone groups is 1. The molecule has 0 spiro atoms. The number of aromatic amines is 1. The molecule has 1 N–H and O–H groups in total. The van der Waals surface area contributed by atoms with Crippen LogP contribution in [0.1, 0.15) is 0 Å². The zero-order valence-corrected chi connectivity index (χ0v) is 13.3. The van der Waals surface area contributed by atoms with E-state index in [2.05, 4.69) is 25.9 Å². The standard InChI is InChI=1S/C14H10BrFN2O2S/c1-21(19,20)9-3-5-12-13(7-9)18-14(17-12)10-6-8(15)2-4-11(10)16/h2-7H,1H3,(H,17,18). The smallest absolute Gasteiger partial charge is 0.175 e. The number of imidazole rings is 1. The van der Waals surface area contributed by atoms with E-state index in [0.29, 0.717) is 22.4 Å². The lowest BCUT2D eigenvalue weighted by atomic mass is 10.2. The summed E-state index contributed by atoms with van der Waals surface area (Å²) in [6.45, 7) is 0. The first kappa shape index (κ1) is 14.2. The lowest BCUT2D eigenvalue weighted by Gasteiger charge is -1.99. The van der Waals surface area contributed by atoms with E-state index < -0.39 is 15.7 Å². The fourth-order valence-corrected chi connectivity index (χ4v) is 3.03. The maximum atomic E-state index is 13.9. The molecule has 3 aromatic rings. The van der Waals surface area contributed by atoms with Crippen LogP contribution in [-0.4, -0.2) is 24.6 Å². The van der Waals surface area contributed by atoms with Gasteiger partial charge in [-0.05, 0) is 36.4 Å². The number of hydrogen-bond donors (Lipinski definition) is 1. The molecule has 0 fully saturated rings. The molecular weight excluding hydrogens is 359 g/mol. The van der Waals surface area contributed by atoms with Crippen molar-refractivity contribution in [3.63, 3.8) is 0 Å². The minimum absolute atomic E-state index is 0.194. The number of benzene rings is 2. The van der Waals surface area contributed by atoms with Crippen molar-refractivity contribution < 1.29 is 12.8 Å². The van der Waals surface area contributed by atoms with Gasteiger partial charge >= 0.3 is 0 Å². The van der Waals surface area contributed by atoms with Gasteiger partial charge in [0.2, 0.25) is 0 Å². The molecule has 0 bridgehead atoms. The van der Waals surface area contributed by atoms with Crippen molar-refractivity contribution in [3.05, 3.63) is 46.7 Å². The van der Waals surface area contributed by atoms with Gasteiger partial charge in [-0.25, -0.2) is 17.8 Å². The van der Waals surface area contributed by atoms with Crippen LogP contribution in [0.4, 0.5) is 4.39 Å². The van der Waals surface area contributed by atoms with E-state index in [0.717, 1.165) is 10.7 Å². The molecule has 0 aliphatic rings. The number of hydrogen-bond acceptors (Lipinski definition) is 3. The number of H-pyrrole nitrogens is 1. The van der Waals surface area contributed by atoms with E-state index in [9.17, 15) is 12.8 Å². The van der Waals surface area contributed by atoms with Crippen molar-refractivity contribution >= 4 is 36.8 Å². The Morgan fingerprint density at radius 2 is 1.95 bits per heavy atom. The number of aromatic nitrogens is 2. The van der Waals surface area contributed by atoms with Gasteiger partial charge < -0.3 is 4.98 Å². The van der Waals surface area contributed by atoms with Crippen LogP contribution >= 0.6 is 15.9 Å². The Morgan fingerprint density at radius 1 is 1.19 bits per heavy atom. The molecule has 0 atom stereocenters. The molecule has 0 saturated heterocycles. The Hall–Kier alpha value is -1.73. The molecule has 108 valence electrons. The van der Waals surface area contributed by atoms with E-state index in [4.69, 9.17) is 0 Å². The van der Waals surface area contributed by atoms with Gasteiger partial charge in [0.05, 0.1) is 21.5 Å². The normalized spacial score (nSPS) is 12.0. The SMILES string of the molecule is CS(=O)(=O)c1ccc2nc(-c3cc(Br)ccc3F)[nH]c2c1. The topological polar surface area (TPSA) is 62.8 Å². The van der Waals surface area contributed by atoms with Crippen molar-refractivity contribution in [2.24, 2.45) is 0 Å². The van der Waals surface area contributed by atoms with Crippen molar-refractivity contribution in [1.29, 1.82) is 0 Å². The largest absolute Gasteiger partial charge is 0.338 e. The highest BCUT2D eigenvalue weighted by Crippen LogP contribution is 2.27. The quantitative estimate of drug-likeness (QED) is 0.752. The third-order valence-corrected chi connectivity index (χ3v) is 4.67. The van der Waals surface area contributed by atoms with Gasteiger partial charge in [-0.2, -0.15) is 0 Å². The van der Waals surface area contributed by atoms with Gasteiger partial charge in [0.25, 0.3) is 0 Å². The van der Waals surface area contributed by atoms with Crippen LogP contribution in [-0.2, 0) is 9.84 Å². The number of fused-ring (bicyclic) bond motifs is 1. The Kier molecular flexibility index (Phi) is 3.33. The Labute approximate surface area is 129 Å². The molecule has 0 aliphatic heterocycles. The van der Waals surface area contributed by atoms with Gasteiger partial charge in [-0.1, -0.05) is 15.9 Å². The first-order chi connectivity index (χ1) is 9.84. The molecule has 7 heteroatoms. The average molecular weight is 369 g/mol. The Morgan fingerprint density at radius 3 is 2.67 bits per heavy atom. The summed E-state index contributed by atoms with van der Waals surface area (Å²) in [5.74, 6) is -0.0463. The Balaban J connectivity index is 2.20. The van der Waals surface area contributed by atoms with Crippen molar-refractivity contribution in [2.45, 2.75) is 4.90 Å². The minimum atomic E-state index is -3.29. The fourth-order valence-electron chi connectivity index (χ4n) is 2.03. The molecular formula is C14H10BrFN2O2S. The molecule has 2 aromatic carbocycles. The van der Waals surface area contributed by atoms with E-state index >= 15 is 0 Å². The molecule has 1 aromatic heterocycles. The summed E-state index contributed by atoms with van der Waals surface area (Å²) >= 11 is 3.29. The summed E-state index contributed by atoms with van der Waals surface area (Å²) in [5, 5.41) is 0. The Bertz CT molecular complexity index is 951. The van der Waals surface area contributed by atoms with E-state index in [1.165, 1.54) is 18.2 Å². The molecule has 4 nitrogen and oxygen atoms in total. The fraction of sp³-hybridized carbons (Fsp3) is 0.0714. The van der Waals surface area contributed by atoms with Crippen molar-refractivity contribution in [3.8, 4) is 11.4 Å². The summed E-state index contributed by atoms with van der Waals surface area (Å²) in [6.07, 6.45) is 1.14. The predicted molar refractivity (Wildman–Crippen MR) is 82.3 cm³/mol. The van der Waals surface area contributed by atoms with Crippen LogP contribution in [0.3, 0.4) is 0 Å². The summed E-state index contributed by atoms with van der Waals surface area (Å²) in [5.41, 5.74) is 1.45. The lowest BCUT2D eigenvalue weighted by Crippen LogP contribution is -1.96. The van der Waals surface area contributed by atoms with E-state index in [1.807, 2.05) is 0 Å². The van der Waals surface area contributed by atoms with Crippen LogP contribution in [0.25, 0.3) is 22.4 Å². The van der Waals surface area contributed by atoms with Gasteiger partial charge in [0.1, 0.15) is 11.6 Å². The first-order valence-corrected chi connectivity index (χ1v) is 8.68. The molecule has 21 heavy (non-hydrogen) atoms. The second kappa shape index (κ2) is 4.92. The van der Waals surface area contributed by atoms with E-state index in [1.54, 1.807) is 18.2 Å². The minimum Gasteiger partial charge on any atom is -0.338 e. The number of halogens is 2. The lowest BCUT2D eigenvalue weighted by molar-refractivity contribution is 0.602. The van der Waals surface area contributed by atoms with Gasteiger partial charge in [-0.15, -0.1) is 0 Å². The number of rotatable bonds is 2. The summed E-state index contributed by atoms with van der Waals surface area (Å²) in [4.78, 5) is 7.45. The highest BCUT2D eigenvalue weighted by molar-refractivity contribution is 9.10. The summed E-state index contributed by atoms with van der Waals surface area (Å²) in [6, 6.07) is 9.14.